The molecular formula is C43H76N2O8P+. The maximum Gasteiger partial charge on any atom is 0.472 e. The number of quaternary nitrogens is 1. The minimum Gasteiger partial charge on any atom is -0.389 e. The van der Waals surface area contributed by atoms with Crippen molar-refractivity contribution in [3.05, 3.63) is 85.1 Å². The van der Waals surface area contributed by atoms with Crippen molar-refractivity contribution in [3.8, 4) is 0 Å². The SMILES string of the molecule is CC/C=C\C[C@H](O)/C=C/C=C\C/C=C\C=C\[C@H](O)/C=C\CCCC(=O)N[C@@H](COP(=O)(O)OCC[N+](C)(C)C)[C@H](O)/C=C/CCCCCCCCCCC. The average molecular weight is 780 g/mol. The molecule has 1 amide bonds. The Kier molecular flexibility index (Phi) is 32.4. The van der Waals surface area contributed by atoms with Crippen LogP contribution in [0.3, 0.4) is 0 Å². The normalized spacial score (nSPS) is 16.5. The van der Waals surface area contributed by atoms with Crippen LogP contribution in [0.2, 0.25) is 0 Å². The number of unbranched alkanes of at least 4 members (excludes halogenated alkanes) is 10. The summed E-state index contributed by atoms with van der Waals surface area (Å²) in [5.74, 6) is -0.322. The molecule has 0 heterocycles. The number of carbonyl (C=O) groups excluding carboxylic acids is 1. The van der Waals surface area contributed by atoms with Crippen LogP contribution in [-0.4, -0.2) is 95.9 Å². The van der Waals surface area contributed by atoms with Crippen LogP contribution < -0.4 is 5.32 Å². The zero-order valence-corrected chi connectivity index (χ0v) is 35.0. The van der Waals surface area contributed by atoms with E-state index in [2.05, 4.69) is 19.2 Å². The number of rotatable bonds is 34. The number of hydrogen-bond donors (Lipinski definition) is 5. The second-order valence-electron chi connectivity index (χ2n) is 14.7. The number of aliphatic hydroxyl groups excluding tert-OH is 3. The first-order valence-corrected chi connectivity index (χ1v) is 21.7. The molecule has 0 aromatic carbocycles. The molecule has 0 fully saturated rings. The van der Waals surface area contributed by atoms with E-state index in [1.54, 1.807) is 30.4 Å². The van der Waals surface area contributed by atoms with Crippen molar-refractivity contribution >= 4 is 13.7 Å². The lowest BCUT2D eigenvalue weighted by Gasteiger charge is -2.25. The van der Waals surface area contributed by atoms with E-state index < -0.39 is 38.8 Å². The fraction of sp³-hybridized carbons (Fsp3) is 0.651. The van der Waals surface area contributed by atoms with E-state index in [4.69, 9.17) is 9.05 Å². The Morgan fingerprint density at radius 2 is 1.33 bits per heavy atom. The third-order valence-electron chi connectivity index (χ3n) is 8.30. The van der Waals surface area contributed by atoms with E-state index in [0.717, 1.165) is 32.1 Å². The summed E-state index contributed by atoms with van der Waals surface area (Å²) in [4.78, 5) is 23.0. The zero-order chi connectivity index (χ0) is 40.3. The lowest BCUT2D eigenvalue weighted by atomic mass is 10.1. The van der Waals surface area contributed by atoms with Crippen LogP contribution in [0.4, 0.5) is 0 Å². The maximum absolute atomic E-state index is 12.8. The van der Waals surface area contributed by atoms with Gasteiger partial charge in [-0.25, -0.2) is 4.57 Å². The van der Waals surface area contributed by atoms with E-state index in [-0.39, 0.29) is 18.9 Å². The van der Waals surface area contributed by atoms with Gasteiger partial charge in [0.2, 0.25) is 5.91 Å². The molecule has 54 heavy (non-hydrogen) atoms. The van der Waals surface area contributed by atoms with Crippen molar-refractivity contribution in [1.82, 2.24) is 5.32 Å². The van der Waals surface area contributed by atoms with Crippen LogP contribution in [-0.2, 0) is 18.4 Å². The highest BCUT2D eigenvalue weighted by Crippen LogP contribution is 2.43. The van der Waals surface area contributed by atoms with Crippen molar-refractivity contribution in [2.45, 2.75) is 141 Å². The Bertz CT molecular complexity index is 1190. The van der Waals surface area contributed by atoms with E-state index in [1.165, 1.54) is 44.9 Å². The standard InChI is InChI=1S/C43H75N2O8P/c1-6-8-10-11-12-13-14-15-19-22-28-34-42(48)41(38-53-54(50,51)52-37-36-45(3,4)5)44-43(49)35-29-23-27-33-40(47)32-26-21-18-16-17-20-25-31-39(46)30-24-9-7-2/h9,17-18,20-21,24-28,31-34,39-42,46-48H,6-8,10-16,19,22-23,29-30,35-38H2,1-5H3,(H-,44,49,50,51)/p+1/b20-17-,21-18-,24-9-,31-25+,32-26+,33-27-,34-28+/t39-,40-,41-,42+/m0/s1. The van der Waals surface area contributed by atoms with Gasteiger partial charge < -0.3 is 30.0 Å². The van der Waals surface area contributed by atoms with Crippen molar-refractivity contribution in [2.75, 3.05) is 40.9 Å². The van der Waals surface area contributed by atoms with E-state index in [9.17, 15) is 29.6 Å². The summed E-state index contributed by atoms with van der Waals surface area (Å²) >= 11 is 0. The molecule has 0 saturated carbocycles. The van der Waals surface area contributed by atoms with Gasteiger partial charge in [0.25, 0.3) is 0 Å². The molecule has 0 radical (unpaired) electrons. The molecule has 0 spiro atoms. The van der Waals surface area contributed by atoms with E-state index in [1.807, 2.05) is 75.8 Å². The number of phosphoric ester groups is 1. The van der Waals surface area contributed by atoms with Crippen LogP contribution in [0.15, 0.2) is 85.1 Å². The number of hydrogen-bond acceptors (Lipinski definition) is 7. The molecule has 0 aromatic heterocycles. The van der Waals surface area contributed by atoms with Gasteiger partial charge in [-0.3, -0.25) is 13.8 Å². The molecular weight excluding hydrogens is 703 g/mol. The fourth-order valence-corrected chi connectivity index (χ4v) is 5.75. The van der Waals surface area contributed by atoms with Gasteiger partial charge in [0.1, 0.15) is 13.2 Å². The summed E-state index contributed by atoms with van der Waals surface area (Å²) in [7, 11) is 1.42. The first-order valence-electron chi connectivity index (χ1n) is 20.2. The summed E-state index contributed by atoms with van der Waals surface area (Å²) < 4.78 is 23.4. The topological polar surface area (TPSA) is 146 Å². The van der Waals surface area contributed by atoms with E-state index >= 15 is 0 Å². The monoisotopic (exact) mass is 780 g/mol. The van der Waals surface area contributed by atoms with Gasteiger partial charge in [-0.15, -0.1) is 0 Å². The second kappa shape index (κ2) is 33.9. The molecule has 11 heteroatoms. The number of allylic oxidation sites excluding steroid dienone is 9. The number of nitrogens with zero attached hydrogens (tertiary/aromatic N) is 1. The second-order valence-corrected chi connectivity index (χ2v) is 16.1. The molecule has 0 aliphatic rings. The van der Waals surface area contributed by atoms with Crippen LogP contribution >= 0.6 is 7.82 Å². The third kappa shape index (κ3) is 35.3. The largest absolute Gasteiger partial charge is 0.472 e. The average Bonchev–Trinajstić information content (AvgIpc) is 3.10. The Hall–Kier alpha value is -2.40. The molecule has 10 nitrogen and oxygen atoms in total. The van der Waals surface area contributed by atoms with Crippen LogP contribution in [0, 0.1) is 0 Å². The van der Waals surface area contributed by atoms with Crippen LogP contribution in [0.1, 0.15) is 117 Å². The van der Waals surface area contributed by atoms with Crippen LogP contribution in [0.5, 0.6) is 0 Å². The van der Waals surface area contributed by atoms with Gasteiger partial charge >= 0.3 is 7.82 Å². The van der Waals surface area contributed by atoms with Crippen LogP contribution in [0.25, 0.3) is 0 Å². The first-order chi connectivity index (χ1) is 25.8. The number of aliphatic hydroxyl groups is 3. The van der Waals surface area contributed by atoms with Crippen molar-refractivity contribution in [2.24, 2.45) is 0 Å². The number of nitrogens with one attached hydrogen (secondary N) is 1. The predicted octanol–water partition coefficient (Wildman–Crippen LogP) is 8.57. The van der Waals surface area contributed by atoms with Crippen molar-refractivity contribution < 1.29 is 43.1 Å². The quantitative estimate of drug-likeness (QED) is 0.0144. The lowest BCUT2D eigenvalue weighted by molar-refractivity contribution is -0.870. The predicted molar refractivity (Wildman–Crippen MR) is 224 cm³/mol. The number of phosphoric acid groups is 1. The van der Waals surface area contributed by atoms with Crippen molar-refractivity contribution in [1.29, 1.82) is 0 Å². The molecule has 0 bridgehead atoms. The van der Waals surface area contributed by atoms with Gasteiger partial charge in [0.15, 0.2) is 0 Å². The summed E-state index contributed by atoms with van der Waals surface area (Å²) in [6.07, 6.45) is 38.7. The van der Waals surface area contributed by atoms with Gasteiger partial charge in [0.05, 0.1) is 52.1 Å². The Labute approximate surface area is 328 Å². The number of likely N-dealkylation sites (N-methyl/N-ethyl adjacent to an activating group) is 1. The molecule has 5 N–H and O–H groups in total. The Morgan fingerprint density at radius 1 is 0.722 bits per heavy atom. The zero-order valence-electron chi connectivity index (χ0n) is 34.1. The highest BCUT2D eigenvalue weighted by molar-refractivity contribution is 7.47. The molecule has 0 saturated heterocycles. The number of carbonyl (C=O) groups is 1. The van der Waals surface area contributed by atoms with E-state index in [0.29, 0.717) is 30.3 Å². The molecule has 0 rings (SSSR count). The highest BCUT2D eigenvalue weighted by Gasteiger charge is 2.27. The fourth-order valence-electron chi connectivity index (χ4n) is 5.01. The van der Waals surface area contributed by atoms with Gasteiger partial charge in [0, 0.05) is 6.42 Å². The lowest BCUT2D eigenvalue weighted by Crippen LogP contribution is -2.45. The Morgan fingerprint density at radius 3 is 1.98 bits per heavy atom. The maximum atomic E-state index is 12.8. The Balaban J connectivity index is 4.77. The molecule has 1 unspecified atom stereocenters. The minimum atomic E-state index is -4.39. The minimum absolute atomic E-state index is 0.0187. The summed E-state index contributed by atoms with van der Waals surface area (Å²) in [5, 5.41) is 33.7. The van der Waals surface area contributed by atoms with Gasteiger partial charge in [-0.2, -0.15) is 0 Å². The summed E-state index contributed by atoms with van der Waals surface area (Å²) in [5.41, 5.74) is 0. The molecule has 5 atom stereocenters. The molecule has 0 aromatic rings. The first kappa shape index (κ1) is 51.6. The smallest absolute Gasteiger partial charge is 0.389 e. The molecule has 0 aliphatic carbocycles. The molecule has 310 valence electrons. The summed E-state index contributed by atoms with van der Waals surface area (Å²) in [6.45, 7) is 4.41. The van der Waals surface area contributed by atoms with Crippen molar-refractivity contribution in [3.63, 3.8) is 0 Å². The number of amides is 1. The molecule has 0 aliphatic heterocycles. The van der Waals surface area contributed by atoms with Gasteiger partial charge in [-0.05, 0) is 44.9 Å². The van der Waals surface area contributed by atoms with Gasteiger partial charge in [-0.1, -0.05) is 150 Å². The summed E-state index contributed by atoms with van der Waals surface area (Å²) in [6, 6.07) is -0.937. The third-order valence-corrected chi connectivity index (χ3v) is 9.28. The highest BCUT2D eigenvalue weighted by atomic mass is 31.2.